The maximum absolute atomic E-state index is 12.7. The monoisotopic (exact) mass is 527 g/mol. The molecule has 4 aromatic rings. The van der Waals surface area contributed by atoms with Crippen LogP contribution in [0.3, 0.4) is 0 Å². The van der Waals surface area contributed by atoms with Crippen LogP contribution in [0.4, 0.5) is 11.4 Å². The molecule has 1 amide bonds. The second-order valence-corrected chi connectivity index (χ2v) is 9.35. The fraction of sp³-hybridized carbons (Fsp3) is 0.179. The number of benzene rings is 2. The summed E-state index contributed by atoms with van der Waals surface area (Å²) < 4.78 is 6.21. The number of aromatic nitrogens is 1. The number of nitro groups is 1. The van der Waals surface area contributed by atoms with Gasteiger partial charge in [0.05, 0.1) is 22.2 Å². The largest absolute Gasteiger partial charge is 0.459 e. The summed E-state index contributed by atoms with van der Waals surface area (Å²) in [5.74, 6) is 0.791. The summed E-state index contributed by atoms with van der Waals surface area (Å²) in [6.45, 7) is 2.32. The molecule has 2 atom stereocenters. The van der Waals surface area contributed by atoms with Crippen LogP contribution in [-0.2, 0) is 4.79 Å². The molecule has 0 aliphatic carbocycles. The third kappa shape index (κ3) is 5.25. The summed E-state index contributed by atoms with van der Waals surface area (Å²) in [5.41, 5.74) is 2.94. The van der Waals surface area contributed by atoms with Gasteiger partial charge in [0.25, 0.3) is 5.69 Å². The number of aryl methyl sites for hydroxylation is 1. The lowest BCUT2D eigenvalue weighted by molar-refractivity contribution is -0.384. The van der Waals surface area contributed by atoms with Crippen molar-refractivity contribution in [2.45, 2.75) is 25.4 Å². The van der Waals surface area contributed by atoms with E-state index in [0.29, 0.717) is 28.7 Å². The maximum Gasteiger partial charge on any atom is 0.280 e. The summed E-state index contributed by atoms with van der Waals surface area (Å²) in [7, 11) is 0. The molecule has 10 heteroatoms. The van der Waals surface area contributed by atoms with E-state index >= 15 is 0 Å². The highest BCUT2D eigenvalue weighted by Gasteiger charge is 2.41. The lowest BCUT2D eigenvalue weighted by atomic mass is 10.0. The first-order valence-corrected chi connectivity index (χ1v) is 12.5. The van der Waals surface area contributed by atoms with Crippen molar-refractivity contribution in [1.82, 2.24) is 15.2 Å². The Morgan fingerprint density at radius 1 is 1.11 bits per heavy atom. The first-order valence-electron chi connectivity index (χ1n) is 12.1. The third-order valence-electron chi connectivity index (χ3n) is 6.40. The Labute approximate surface area is 224 Å². The number of nitrogens with zero attached hydrogens (tertiary/aromatic N) is 3. The van der Waals surface area contributed by atoms with Gasteiger partial charge >= 0.3 is 0 Å². The van der Waals surface area contributed by atoms with Crippen molar-refractivity contribution in [3.63, 3.8) is 0 Å². The summed E-state index contributed by atoms with van der Waals surface area (Å²) in [5, 5.41) is 18.3. The zero-order valence-corrected chi connectivity index (χ0v) is 21.4. The number of furan rings is 1. The van der Waals surface area contributed by atoms with Gasteiger partial charge in [-0.05, 0) is 61.6 Å². The third-order valence-corrected chi connectivity index (χ3v) is 6.75. The fourth-order valence-corrected chi connectivity index (χ4v) is 4.87. The van der Waals surface area contributed by atoms with Crippen molar-refractivity contribution in [3.05, 3.63) is 112 Å². The first kappa shape index (κ1) is 25.1. The molecule has 1 aliphatic heterocycles. The van der Waals surface area contributed by atoms with E-state index < -0.39 is 11.0 Å². The summed E-state index contributed by atoms with van der Waals surface area (Å²) >= 11 is 5.67. The number of rotatable bonds is 8. The number of hydrogen-bond acceptors (Lipinski definition) is 6. The standard InChI is InChI=1S/C28H25N5O4S/c1-18-9-11-19(12-10-18)30-25(34)15-17-32-27(26(31-28(32)38)21-7-4-5-16-29-21)24-14-13-23(37-24)20-6-2-3-8-22(20)33(35)36/h2-14,16,26-27H,15,17H2,1H3,(H,30,34)(H,31,38). The molecule has 0 spiro atoms. The van der Waals surface area contributed by atoms with Crippen LogP contribution in [0.1, 0.15) is 35.5 Å². The normalized spacial score (nSPS) is 16.8. The van der Waals surface area contributed by atoms with Gasteiger partial charge in [0.15, 0.2) is 5.11 Å². The van der Waals surface area contributed by atoms with E-state index in [1.165, 1.54) is 6.07 Å². The van der Waals surface area contributed by atoms with Crippen LogP contribution in [0.25, 0.3) is 11.3 Å². The second kappa shape index (κ2) is 10.8. The molecule has 0 saturated carbocycles. The second-order valence-electron chi connectivity index (χ2n) is 8.96. The summed E-state index contributed by atoms with van der Waals surface area (Å²) in [6.07, 6.45) is 1.90. The van der Waals surface area contributed by atoms with Crippen molar-refractivity contribution in [2.75, 3.05) is 11.9 Å². The van der Waals surface area contributed by atoms with Gasteiger partial charge in [-0.1, -0.05) is 35.9 Å². The number of thiocarbonyl (C=S) groups is 1. The number of para-hydroxylation sites is 1. The van der Waals surface area contributed by atoms with Crippen molar-refractivity contribution >= 4 is 34.6 Å². The average Bonchev–Trinajstić information content (AvgIpc) is 3.53. The molecule has 2 unspecified atom stereocenters. The predicted octanol–water partition coefficient (Wildman–Crippen LogP) is 5.56. The molecule has 3 heterocycles. The molecular formula is C28H25N5O4S. The van der Waals surface area contributed by atoms with Gasteiger partial charge in [0.2, 0.25) is 5.91 Å². The van der Waals surface area contributed by atoms with E-state index in [1.54, 1.807) is 36.5 Å². The molecule has 9 nitrogen and oxygen atoms in total. The molecule has 192 valence electrons. The minimum absolute atomic E-state index is 0.0422. The molecule has 2 aromatic heterocycles. The number of anilines is 1. The lowest BCUT2D eigenvalue weighted by Gasteiger charge is -2.25. The highest BCUT2D eigenvalue weighted by molar-refractivity contribution is 7.80. The Balaban J connectivity index is 1.42. The van der Waals surface area contributed by atoms with Gasteiger partial charge in [-0.3, -0.25) is 19.9 Å². The van der Waals surface area contributed by atoms with Gasteiger partial charge in [0.1, 0.15) is 17.6 Å². The maximum atomic E-state index is 12.7. The van der Waals surface area contributed by atoms with Crippen LogP contribution in [0, 0.1) is 17.0 Å². The van der Waals surface area contributed by atoms with Crippen LogP contribution >= 0.6 is 12.2 Å². The van der Waals surface area contributed by atoms with E-state index in [0.717, 1.165) is 16.9 Å². The van der Waals surface area contributed by atoms with Crippen LogP contribution in [0.2, 0.25) is 0 Å². The topological polar surface area (TPSA) is 114 Å². The number of hydrogen-bond donors (Lipinski definition) is 2. The van der Waals surface area contributed by atoms with E-state index in [4.69, 9.17) is 16.6 Å². The Bertz CT molecular complexity index is 1470. The van der Waals surface area contributed by atoms with Gasteiger partial charge in [-0.2, -0.15) is 0 Å². The van der Waals surface area contributed by atoms with Crippen LogP contribution in [0.15, 0.2) is 89.5 Å². The first-order chi connectivity index (χ1) is 18.4. The Kier molecular flexibility index (Phi) is 7.14. The SMILES string of the molecule is Cc1ccc(NC(=O)CCN2C(=S)NC(c3ccccn3)C2c2ccc(-c3ccccc3[N+](=O)[O-])o2)cc1. The van der Waals surface area contributed by atoms with E-state index in [2.05, 4.69) is 15.6 Å². The molecule has 2 aromatic carbocycles. The Morgan fingerprint density at radius 2 is 1.87 bits per heavy atom. The number of nitrogens with one attached hydrogen (secondary N) is 2. The molecular weight excluding hydrogens is 502 g/mol. The molecule has 0 bridgehead atoms. The highest BCUT2D eigenvalue weighted by Crippen LogP contribution is 2.41. The quantitative estimate of drug-likeness (QED) is 0.174. The zero-order chi connectivity index (χ0) is 26.6. The van der Waals surface area contributed by atoms with E-state index in [9.17, 15) is 14.9 Å². The molecule has 1 aliphatic rings. The summed E-state index contributed by atoms with van der Waals surface area (Å²) in [6, 6.07) is 22.4. The Morgan fingerprint density at radius 3 is 2.61 bits per heavy atom. The van der Waals surface area contributed by atoms with Gasteiger partial charge in [-0.15, -0.1) is 0 Å². The van der Waals surface area contributed by atoms with Crippen molar-refractivity contribution in [3.8, 4) is 11.3 Å². The average molecular weight is 528 g/mol. The zero-order valence-electron chi connectivity index (χ0n) is 20.5. The molecule has 5 rings (SSSR count). The van der Waals surface area contributed by atoms with E-state index in [-0.39, 0.29) is 24.1 Å². The minimum Gasteiger partial charge on any atom is -0.459 e. The smallest absolute Gasteiger partial charge is 0.280 e. The fourth-order valence-electron chi connectivity index (χ4n) is 4.54. The predicted molar refractivity (Wildman–Crippen MR) is 147 cm³/mol. The van der Waals surface area contributed by atoms with E-state index in [1.807, 2.05) is 54.3 Å². The van der Waals surface area contributed by atoms with Gasteiger partial charge in [0, 0.05) is 30.9 Å². The van der Waals surface area contributed by atoms with Crippen molar-refractivity contribution in [1.29, 1.82) is 0 Å². The lowest BCUT2D eigenvalue weighted by Crippen LogP contribution is -2.32. The number of nitro benzene ring substituents is 1. The van der Waals surface area contributed by atoms with Crippen LogP contribution < -0.4 is 10.6 Å². The number of pyridine rings is 1. The number of carbonyl (C=O) groups excluding carboxylic acids is 1. The van der Waals surface area contributed by atoms with Gasteiger partial charge < -0.3 is 20.0 Å². The molecule has 1 fully saturated rings. The van der Waals surface area contributed by atoms with Crippen LogP contribution in [-0.4, -0.2) is 32.4 Å². The highest BCUT2D eigenvalue weighted by atomic mass is 32.1. The van der Waals surface area contributed by atoms with Crippen LogP contribution in [0.5, 0.6) is 0 Å². The molecule has 2 N–H and O–H groups in total. The van der Waals surface area contributed by atoms with Crippen molar-refractivity contribution in [2.24, 2.45) is 0 Å². The molecule has 38 heavy (non-hydrogen) atoms. The summed E-state index contributed by atoms with van der Waals surface area (Å²) in [4.78, 5) is 30.3. The molecule has 0 radical (unpaired) electrons. The van der Waals surface area contributed by atoms with Gasteiger partial charge in [-0.25, -0.2) is 0 Å². The number of carbonyl (C=O) groups is 1. The minimum atomic E-state index is -0.431. The Hall–Kier alpha value is -4.57. The number of amides is 1. The van der Waals surface area contributed by atoms with Crippen molar-refractivity contribution < 1.29 is 14.1 Å². The molecule has 1 saturated heterocycles.